The van der Waals surface area contributed by atoms with Gasteiger partial charge in [0.15, 0.2) is 0 Å². The average molecular weight is 436 g/mol. The molecule has 0 amide bonds. The van der Waals surface area contributed by atoms with Crippen molar-refractivity contribution in [3.63, 3.8) is 0 Å². The Morgan fingerprint density at radius 2 is 2.12 bits per heavy atom. The lowest BCUT2D eigenvalue weighted by Crippen LogP contribution is -2.10. The maximum absolute atomic E-state index is 11.8. The summed E-state index contributed by atoms with van der Waals surface area (Å²) in [6, 6.07) is 11.9. The van der Waals surface area contributed by atoms with Gasteiger partial charge in [0.25, 0.3) is 0 Å². The van der Waals surface area contributed by atoms with Crippen LogP contribution in [0.3, 0.4) is 0 Å². The largest absolute Gasteiger partial charge is 0.493 e. The Bertz CT molecular complexity index is 1550. The zero-order valence-electron chi connectivity index (χ0n) is 17.9. The Morgan fingerprint density at radius 1 is 1.21 bits per heavy atom. The van der Waals surface area contributed by atoms with E-state index < -0.39 is 5.97 Å². The minimum atomic E-state index is -0.874. The molecule has 1 aliphatic rings. The molecule has 2 aromatic carbocycles. The number of H-pyrrole nitrogens is 1. The third kappa shape index (κ3) is 3.12. The number of carboxylic acids is 1. The summed E-state index contributed by atoms with van der Waals surface area (Å²) < 4.78 is 5.89. The molecule has 162 valence electrons. The van der Waals surface area contributed by atoms with Gasteiger partial charge in [0.05, 0.1) is 36.0 Å². The summed E-state index contributed by atoms with van der Waals surface area (Å²) in [6.45, 7) is 2.58. The first-order chi connectivity index (χ1) is 16.1. The highest BCUT2D eigenvalue weighted by atomic mass is 16.5. The molecule has 1 aliphatic heterocycles. The predicted molar refractivity (Wildman–Crippen MR) is 125 cm³/mol. The number of carbonyl (C=O) groups is 1. The van der Waals surface area contributed by atoms with Crippen molar-refractivity contribution in [2.45, 2.75) is 19.8 Å². The van der Waals surface area contributed by atoms with Gasteiger partial charge >= 0.3 is 5.97 Å². The Balaban J connectivity index is 1.69. The molecule has 4 heterocycles. The molecule has 0 fully saturated rings. The first kappa shape index (κ1) is 19.4. The summed E-state index contributed by atoms with van der Waals surface area (Å²) in [4.78, 5) is 21.4. The van der Waals surface area contributed by atoms with E-state index in [-0.39, 0.29) is 6.42 Å². The predicted octanol–water partition coefficient (Wildman–Crippen LogP) is 4.71. The molecule has 7 nitrogen and oxygen atoms in total. The quantitative estimate of drug-likeness (QED) is 0.423. The molecular formula is C26H20N4O3. The van der Waals surface area contributed by atoms with Crippen LogP contribution in [-0.4, -0.2) is 37.8 Å². The molecule has 0 bridgehead atoms. The van der Waals surface area contributed by atoms with Crippen molar-refractivity contribution < 1.29 is 14.6 Å². The van der Waals surface area contributed by atoms with Crippen LogP contribution in [0.5, 0.6) is 5.75 Å². The number of fused-ring (bicyclic) bond motifs is 1. The van der Waals surface area contributed by atoms with Crippen LogP contribution < -0.4 is 4.74 Å². The van der Waals surface area contributed by atoms with E-state index in [1.807, 2.05) is 49.5 Å². The molecule has 7 heteroatoms. The van der Waals surface area contributed by atoms with Gasteiger partial charge < -0.3 is 9.84 Å². The third-order valence-corrected chi connectivity index (χ3v) is 6.29. The molecule has 3 aromatic heterocycles. The Hall–Kier alpha value is -4.26. The molecule has 0 saturated heterocycles. The van der Waals surface area contributed by atoms with Gasteiger partial charge in [-0.15, -0.1) is 0 Å². The molecular weight excluding hydrogens is 416 g/mol. The van der Waals surface area contributed by atoms with Crippen LogP contribution in [0.2, 0.25) is 0 Å². The monoisotopic (exact) mass is 436 g/mol. The highest BCUT2D eigenvalue weighted by Gasteiger charge is 2.22. The molecule has 0 atom stereocenters. The van der Waals surface area contributed by atoms with Crippen LogP contribution >= 0.6 is 0 Å². The second-order valence-electron chi connectivity index (χ2n) is 8.27. The second kappa shape index (κ2) is 7.41. The molecule has 33 heavy (non-hydrogen) atoms. The minimum absolute atomic E-state index is 0.0833. The van der Waals surface area contributed by atoms with Crippen molar-refractivity contribution in [3.05, 3.63) is 71.7 Å². The maximum Gasteiger partial charge on any atom is 0.307 e. The van der Waals surface area contributed by atoms with Gasteiger partial charge in [-0.2, -0.15) is 5.10 Å². The van der Waals surface area contributed by atoms with Gasteiger partial charge in [-0.3, -0.25) is 14.9 Å². The summed E-state index contributed by atoms with van der Waals surface area (Å²) in [7, 11) is 0. The zero-order valence-corrected chi connectivity index (χ0v) is 17.9. The first-order valence-corrected chi connectivity index (χ1v) is 10.8. The lowest BCUT2D eigenvalue weighted by atomic mass is 9.87. The van der Waals surface area contributed by atoms with Crippen molar-refractivity contribution in [1.82, 2.24) is 20.2 Å². The Labute approximate surface area is 189 Å². The number of pyridine rings is 2. The molecule has 6 rings (SSSR count). The number of nitrogens with zero attached hydrogens (tertiary/aromatic N) is 3. The van der Waals surface area contributed by atoms with Gasteiger partial charge in [-0.25, -0.2) is 4.98 Å². The smallest absolute Gasteiger partial charge is 0.307 e. The number of carboxylic acid groups (broad SMARTS) is 1. The Morgan fingerprint density at radius 3 is 2.94 bits per heavy atom. The second-order valence-corrected chi connectivity index (χ2v) is 8.27. The van der Waals surface area contributed by atoms with Crippen molar-refractivity contribution in [3.8, 4) is 28.1 Å². The normalized spacial score (nSPS) is 12.8. The highest BCUT2D eigenvalue weighted by Crippen LogP contribution is 2.42. The van der Waals surface area contributed by atoms with Crippen LogP contribution in [0.25, 0.3) is 44.2 Å². The molecule has 0 unspecified atom stereocenters. The fourth-order valence-electron chi connectivity index (χ4n) is 4.79. The molecule has 0 saturated carbocycles. The number of hydrogen-bond donors (Lipinski definition) is 2. The number of aliphatic carboxylic acids is 1. The summed E-state index contributed by atoms with van der Waals surface area (Å²) in [5.74, 6) is -0.0547. The fourth-order valence-corrected chi connectivity index (χ4v) is 4.79. The Kier molecular flexibility index (Phi) is 4.36. The molecule has 0 aliphatic carbocycles. The van der Waals surface area contributed by atoms with Gasteiger partial charge in [0.2, 0.25) is 0 Å². The summed E-state index contributed by atoms with van der Waals surface area (Å²) >= 11 is 0. The van der Waals surface area contributed by atoms with Gasteiger partial charge in [0, 0.05) is 40.7 Å². The number of aromatic amines is 1. The number of rotatable bonds is 4. The summed E-state index contributed by atoms with van der Waals surface area (Å²) in [6.07, 6.45) is 6.09. The van der Waals surface area contributed by atoms with Crippen molar-refractivity contribution in [2.24, 2.45) is 0 Å². The van der Waals surface area contributed by atoms with E-state index in [4.69, 9.17) is 14.7 Å². The van der Waals surface area contributed by atoms with Crippen LogP contribution in [0, 0.1) is 6.92 Å². The summed E-state index contributed by atoms with van der Waals surface area (Å²) in [5, 5.41) is 18.4. The van der Waals surface area contributed by atoms with E-state index in [1.54, 1.807) is 12.4 Å². The fraction of sp³-hybridized carbons (Fsp3) is 0.154. The van der Waals surface area contributed by atoms with Crippen LogP contribution in [0.1, 0.15) is 16.7 Å². The third-order valence-electron chi connectivity index (χ3n) is 6.29. The van der Waals surface area contributed by atoms with Crippen molar-refractivity contribution in [2.75, 3.05) is 6.61 Å². The average Bonchev–Trinajstić information content (AvgIpc) is 3.35. The van der Waals surface area contributed by atoms with E-state index in [2.05, 4.69) is 10.2 Å². The summed E-state index contributed by atoms with van der Waals surface area (Å²) in [5.41, 5.74) is 7.92. The van der Waals surface area contributed by atoms with Crippen molar-refractivity contribution >= 4 is 27.8 Å². The minimum Gasteiger partial charge on any atom is -0.493 e. The topological polar surface area (TPSA) is 101 Å². The van der Waals surface area contributed by atoms with E-state index in [0.29, 0.717) is 6.61 Å². The number of aromatic nitrogens is 4. The van der Waals surface area contributed by atoms with Gasteiger partial charge in [-0.1, -0.05) is 6.07 Å². The molecule has 2 N–H and O–H groups in total. The number of nitrogens with one attached hydrogen (secondary N) is 1. The maximum atomic E-state index is 11.8. The number of hydrogen-bond acceptors (Lipinski definition) is 5. The molecule has 0 spiro atoms. The lowest BCUT2D eigenvalue weighted by Gasteiger charge is -2.21. The van der Waals surface area contributed by atoms with Crippen LogP contribution in [0.15, 0.2) is 55.0 Å². The number of ether oxygens (including phenoxy) is 1. The first-order valence-electron chi connectivity index (χ1n) is 10.8. The highest BCUT2D eigenvalue weighted by molar-refractivity contribution is 6.08. The standard InChI is InChI=1S/C26H20N4O3/c1-14-10-21-17(2-4-20(30-21)16-12-28-29-13-16)25(19(14)11-23(31)32)18-3-5-22-24-15(7-9-33-22)6-8-27-26(18)24/h2-6,8,10,12-13H,7,9,11H2,1H3,(H,28,29)(H,31,32). The number of benzene rings is 2. The van der Waals surface area contributed by atoms with Gasteiger partial charge in [-0.05, 0) is 59.5 Å². The van der Waals surface area contributed by atoms with E-state index in [1.165, 1.54) is 5.56 Å². The van der Waals surface area contributed by atoms with Crippen molar-refractivity contribution in [1.29, 1.82) is 0 Å². The molecule has 0 radical (unpaired) electrons. The number of aryl methyl sites for hydroxylation is 1. The lowest BCUT2D eigenvalue weighted by molar-refractivity contribution is -0.136. The zero-order chi connectivity index (χ0) is 22.5. The van der Waals surface area contributed by atoms with Gasteiger partial charge in [0.1, 0.15) is 5.75 Å². The molecule has 5 aromatic rings. The SMILES string of the molecule is Cc1cc2nc(-c3cn[nH]c3)ccc2c(-c2ccc3c4c(ccnc24)CCO3)c1CC(=O)O. The van der Waals surface area contributed by atoms with E-state index >= 15 is 0 Å². The van der Waals surface area contributed by atoms with Crippen LogP contribution in [-0.2, 0) is 17.6 Å². The van der Waals surface area contributed by atoms with E-state index in [0.717, 1.165) is 67.5 Å². The van der Waals surface area contributed by atoms with E-state index in [9.17, 15) is 9.90 Å². The van der Waals surface area contributed by atoms with Crippen LogP contribution in [0.4, 0.5) is 0 Å².